The van der Waals surface area contributed by atoms with Crippen LogP contribution in [0.5, 0.6) is 0 Å². The number of rotatable bonds is 1. The number of nitrogen functional groups attached to an aromatic ring is 1. The summed E-state index contributed by atoms with van der Waals surface area (Å²) in [7, 11) is 0. The van der Waals surface area contributed by atoms with E-state index < -0.39 is 0 Å². The molecule has 1 aliphatic heterocycles. The molecule has 0 saturated heterocycles. The molecule has 1 aromatic carbocycles. The van der Waals surface area contributed by atoms with Crippen LogP contribution in [0.15, 0.2) is 41.0 Å². The van der Waals surface area contributed by atoms with E-state index >= 15 is 0 Å². The number of aromatic nitrogens is 1. The molecular weight excluding hydrogens is 302 g/mol. The summed E-state index contributed by atoms with van der Waals surface area (Å²) in [6.07, 6.45) is 4.01. The summed E-state index contributed by atoms with van der Waals surface area (Å²) in [5, 5.41) is 0. The van der Waals surface area contributed by atoms with Gasteiger partial charge in [0.2, 0.25) is 0 Å². The zero-order chi connectivity index (χ0) is 13.2. The molecule has 0 spiro atoms. The number of benzene rings is 1. The predicted octanol–water partition coefficient (Wildman–Crippen LogP) is 3.38. The average Bonchev–Trinajstić information content (AvgIpc) is 2.60. The minimum atomic E-state index is 0.686. The van der Waals surface area contributed by atoms with Gasteiger partial charge in [0.1, 0.15) is 5.82 Å². The van der Waals surface area contributed by atoms with E-state index in [1.54, 1.807) is 6.20 Å². The quantitative estimate of drug-likeness (QED) is 0.876. The Morgan fingerprint density at radius 2 is 2.00 bits per heavy atom. The third kappa shape index (κ3) is 2.59. The molecule has 98 valence electrons. The Morgan fingerprint density at radius 3 is 2.79 bits per heavy atom. The van der Waals surface area contributed by atoms with Gasteiger partial charge in [0, 0.05) is 13.1 Å². The minimum absolute atomic E-state index is 0.686. The van der Waals surface area contributed by atoms with Gasteiger partial charge >= 0.3 is 0 Å². The number of pyridine rings is 1. The topological polar surface area (TPSA) is 42.1 Å². The number of hydrogen-bond acceptors (Lipinski definition) is 3. The van der Waals surface area contributed by atoms with E-state index in [9.17, 15) is 0 Å². The Bertz CT molecular complexity index is 598. The van der Waals surface area contributed by atoms with Crippen molar-refractivity contribution >= 4 is 27.4 Å². The van der Waals surface area contributed by atoms with Crippen LogP contribution >= 0.6 is 15.9 Å². The fraction of sp³-hybridized carbons (Fsp3) is 0.267. The maximum absolute atomic E-state index is 5.75. The van der Waals surface area contributed by atoms with E-state index in [1.165, 1.54) is 11.1 Å². The smallest absolute Gasteiger partial charge is 0.143 e. The standard InChI is InChI=1S/C15H16BrN3/c16-14-8-13(17)9-18-15(14)19-7-3-6-11-4-1-2-5-12(11)10-19/h1-2,4-5,8-9H,3,6-7,10,17H2. The fourth-order valence-corrected chi connectivity index (χ4v) is 3.18. The fourth-order valence-electron chi connectivity index (χ4n) is 2.56. The number of fused-ring (bicyclic) bond motifs is 1. The van der Waals surface area contributed by atoms with Crippen LogP contribution < -0.4 is 10.6 Å². The molecular formula is C15H16BrN3. The number of nitrogens with two attached hydrogens (primary N) is 1. The van der Waals surface area contributed by atoms with Crippen LogP contribution in [0.2, 0.25) is 0 Å². The molecule has 0 fully saturated rings. The van der Waals surface area contributed by atoms with Crippen LogP contribution in [-0.4, -0.2) is 11.5 Å². The summed E-state index contributed by atoms with van der Waals surface area (Å²) < 4.78 is 0.965. The number of anilines is 2. The lowest BCUT2D eigenvalue weighted by Crippen LogP contribution is -2.24. The lowest BCUT2D eigenvalue weighted by molar-refractivity contribution is 0.753. The first-order chi connectivity index (χ1) is 9.24. The van der Waals surface area contributed by atoms with Gasteiger partial charge in [0.15, 0.2) is 0 Å². The maximum atomic E-state index is 5.75. The second-order valence-electron chi connectivity index (χ2n) is 4.87. The van der Waals surface area contributed by atoms with E-state index in [2.05, 4.69) is 50.1 Å². The Morgan fingerprint density at radius 1 is 1.21 bits per heavy atom. The third-order valence-electron chi connectivity index (χ3n) is 3.50. The van der Waals surface area contributed by atoms with Gasteiger partial charge in [0.25, 0.3) is 0 Å². The van der Waals surface area contributed by atoms with Gasteiger partial charge in [-0.15, -0.1) is 0 Å². The van der Waals surface area contributed by atoms with Crippen molar-refractivity contribution in [3.05, 3.63) is 52.1 Å². The van der Waals surface area contributed by atoms with Crippen molar-refractivity contribution < 1.29 is 0 Å². The van der Waals surface area contributed by atoms with Crippen LogP contribution in [0.25, 0.3) is 0 Å². The molecule has 4 heteroatoms. The maximum Gasteiger partial charge on any atom is 0.143 e. The molecule has 0 bridgehead atoms. The summed E-state index contributed by atoms with van der Waals surface area (Å²) in [6.45, 7) is 1.93. The van der Waals surface area contributed by atoms with Gasteiger partial charge in [-0.3, -0.25) is 0 Å². The highest BCUT2D eigenvalue weighted by Crippen LogP contribution is 2.29. The van der Waals surface area contributed by atoms with Gasteiger partial charge in [-0.25, -0.2) is 4.98 Å². The van der Waals surface area contributed by atoms with Crippen LogP contribution in [0.4, 0.5) is 11.5 Å². The zero-order valence-corrected chi connectivity index (χ0v) is 12.2. The van der Waals surface area contributed by atoms with Crippen molar-refractivity contribution in [1.82, 2.24) is 4.98 Å². The Hall–Kier alpha value is -1.55. The van der Waals surface area contributed by atoms with Gasteiger partial charge in [-0.05, 0) is 46.0 Å². The van der Waals surface area contributed by atoms with Crippen molar-refractivity contribution in [2.75, 3.05) is 17.2 Å². The van der Waals surface area contributed by atoms with E-state index in [4.69, 9.17) is 5.73 Å². The van der Waals surface area contributed by atoms with Crippen molar-refractivity contribution in [3.63, 3.8) is 0 Å². The van der Waals surface area contributed by atoms with Crippen LogP contribution in [0.1, 0.15) is 17.5 Å². The molecule has 2 N–H and O–H groups in total. The van der Waals surface area contributed by atoms with E-state index in [-0.39, 0.29) is 0 Å². The van der Waals surface area contributed by atoms with Crippen LogP contribution in [0, 0.1) is 0 Å². The molecule has 1 aromatic heterocycles. The normalized spacial score (nSPS) is 14.9. The summed E-state index contributed by atoms with van der Waals surface area (Å²) >= 11 is 3.56. The highest BCUT2D eigenvalue weighted by atomic mass is 79.9. The number of aryl methyl sites for hydroxylation is 1. The zero-order valence-electron chi connectivity index (χ0n) is 10.6. The summed E-state index contributed by atoms with van der Waals surface area (Å²) in [4.78, 5) is 6.78. The van der Waals surface area contributed by atoms with Crippen molar-refractivity contribution in [1.29, 1.82) is 0 Å². The molecule has 0 aliphatic carbocycles. The van der Waals surface area contributed by atoms with Gasteiger partial charge in [-0.1, -0.05) is 24.3 Å². The first-order valence-corrected chi connectivity index (χ1v) is 7.26. The van der Waals surface area contributed by atoms with Crippen LogP contribution in [0.3, 0.4) is 0 Å². The predicted molar refractivity (Wildman–Crippen MR) is 82.2 cm³/mol. The molecule has 19 heavy (non-hydrogen) atoms. The molecule has 0 amide bonds. The molecule has 3 nitrogen and oxygen atoms in total. The first kappa shape index (κ1) is 12.5. The average molecular weight is 318 g/mol. The Labute approximate surface area is 121 Å². The molecule has 0 unspecified atom stereocenters. The Kier molecular flexibility index (Phi) is 3.42. The third-order valence-corrected chi connectivity index (χ3v) is 4.08. The molecule has 0 saturated carbocycles. The SMILES string of the molecule is Nc1cnc(N2CCCc3ccccc3C2)c(Br)c1. The lowest BCUT2D eigenvalue weighted by Gasteiger charge is -2.23. The van der Waals surface area contributed by atoms with Gasteiger partial charge in [0.05, 0.1) is 16.4 Å². The van der Waals surface area contributed by atoms with E-state index in [1.807, 2.05) is 6.07 Å². The second kappa shape index (κ2) is 5.21. The molecule has 0 atom stereocenters. The largest absolute Gasteiger partial charge is 0.397 e. The molecule has 3 rings (SSSR count). The number of halogens is 1. The molecule has 1 aliphatic rings. The number of hydrogen-bond donors (Lipinski definition) is 1. The van der Waals surface area contributed by atoms with Gasteiger partial charge < -0.3 is 10.6 Å². The molecule has 2 heterocycles. The highest BCUT2D eigenvalue weighted by molar-refractivity contribution is 9.10. The van der Waals surface area contributed by atoms with Gasteiger partial charge in [-0.2, -0.15) is 0 Å². The van der Waals surface area contributed by atoms with Crippen molar-refractivity contribution in [2.24, 2.45) is 0 Å². The van der Waals surface area contributed by atoms with Crippen molar-refractivity contribution in [3.8, 4) is 0 Å². The molecule has 0 radical (unpaired) electrons. The minimum Gasteiger partial charge on any atom is -0.397 e. The number of nitrogens with zero attached hydrogens (tertiary/aromatic N) is 2. The monoisotopic (exact) mass is 317 g/mol. The van der Waals surface area contributed by atoms with Crippen molar-refractivity contribution in [2.45, 2.75) is 19.4 Å². The van der Waals surface area contributed by atoms with E-state index in [0.717, 1.165) is 36.2 Å². The summed E-state index contributed by atoms with van der Waals surface area (Å²) in [5.74, 6) is 0.978. The summed E-state index contributed by atoms with van der Waals surface area (Å²) in [6, 6.07) is 10.6. The lowest BCUT2D eigenvalue weighted by atomic mass is 10.0. The first-order valence-electron chi connectivity index (χ1n) is 6.47. The van der Waals surface area contributed by atoms with E-state index in [0.29, 0.717) is 5.69 Å². The Balaban J connectivity index is 1.94. The molecule has 2 aromatic rings. The highest BCUT2D eigenvalue weighted by Gasteiger charge is 2.17. The summed E-state index contributed by atoms with van der Waals surface area (Å²) in [5.41, 5.74) is 9.29. The van der Waals surface area contributed by atoms with Crippen LogP contribution in [-0.2, 0) is 13.0 Å². The second-order valence-corrected chi connectivity index (χ2v) is 5.72.